The van der Waals surface area contributed by atoms with E-state index in [2.05, 4.69) is 10.6 Å². The third kappa shape index (κ3) is 5.02. The Hall–Kier alpha value is -2.05. The largest absolute Gasteiger partial charge is 0.391 e. The van der Waals surface area contributed by atoms with Gasteiger partial charge in [0.2, 0.25) is 5.91 Å². The van der Waals surface area contributed by atoms with Crippen LogP contribution < -0.4 is 10.6 Å². The monoisotopic (exact) mass is 382 g/mol. The second-order valence-electron chi connectivity index (χ2n) is 7.59. The summed E-state index contributed by atoms with van der Waals surface area (Å²) in [5, 5.41) is 5.67. The van der Waals surface area contributed by atoms with Crippen LogP contribution in [-0.4, -0.2) is 24.0 Å². The van der Waals surface area contributed by atoms with E-state index in [1.807, 2.05) is 0 Å². The van der Waals surface area contributed by atoms with Gasteiger partial charge >= 0.3 is 6.18 Å². The first-order valence-electron chi connectivity index (χ1n) is 9.62. The molecule has 0 aromatic heterocycles. The lowest BCUT2D eigenvalue weighted by Gasteiger charge is -2.29. The van der Waals surface area contributed by atoms with Crippen LogP contribution in [-0.2, 0) is 4.79 Å². The predicted octanol–water partition coefficient (Wildman–Crippen LogP) is 4.67. The summed E-state index contributed by atoms with van der Waals surface area (Å²) in [6.45, 7) is 0. The number of hydrogen-bond donors (Lipinski definition) is 2. The van der Waals surface area contributed by atoms with E-state index in [1.54, 1.807) is 24.3 Å². The van der Waals surface area contributed by atoms with Gasteiger partial charge in [-0.05, 0) is 44.2 Å². The molecule has 0 heterocycles. The first kappa shape index (κ1) is 19.7. The molecule has 0 bridgehead atoms. The number of hydrogen-bond acceptors (Lipinski definition) is 2. The number of rotatable bonds is 4. The summed E-state index contributed by atoms with van der Waals surface area (Å²) in [6.07, 6.45) is 0.511. The van der Waals surface area contributed by atoms with Gasteiger partial charge in [-0.2, -0.15) is 13.2 Å². The van der Waals surface area contributed by atoms with Gasteiger partial charge in [-0.1, -0.05) is 31.4 Å². The van der Waals surface area contributed by atoms with Crippen LogP contribution in [0.15, 0.2) is 24.3 Å². The minimum atomic E-state index is -4.27. The Morgan fingerprint density at radius 1 is 0.963 bits per heavy atom. The van der Waals surface area contributed by atoms with E-state index >= 15 is 0 Å². The SMILES string of the molecule is O=C(NC1CCCC1)c1ccccc1NC(=O)C1CCCC(C(F)(F)F)C1. The molecule has 2 N–H and O–H groups in total. The molecule has 2 aliphatic carbocycles. The second kappa shape index (κ2) is 8.31. The molecule has 148 valence electrons. The van der Waals surface area contributed by atoms with Crippen molar-refractivity contribution in [3.05, 3.63) is 29.8 Å². The van der Waals surface area contributed by atoms with Crippen LogP contribution >= 0.6 is 0 Å². The van der Waals surface area contributed by atoms with Crippen LogP contribution in [0.2, 0.25) is 0 Å². The minimum absolute atomic E-state index is 0.0770. The van der Waals surface area contributed by atoms with Crippen molar-refractivity contribution >= 4 is 17.5 Å². The molecule has 2 saturated carbocycles. The molecule has 2 fully saturated rings. The molecule has 2 amide bonds. The van der Waals surface area contributed by atoms with E-state index in [1.165, 1.54) is 0 Å². The Kier molecular flexibility index (Phi) is 6.07. The molecule has 7 heteroatoms. The summed E-state index contributed by atoms with van der Waals surface area (Å²) >= 11 is 0. The maximum Gasteiger partial charge on any atom is 0.391 e. The standard InChI is InChI=1S/C20H25F3N2O2/c21-20(22,23)14-7-5-6-13(12-14)18(26)25-17-11-4-3-10-16(17)19(27)24-15-8-1-2-9-15/h3-4,10-11,13-15H,1-2,5-9,12H2,(H,24,27)(H,25,26). The zero-order chi connectivity index (χ0) is 19.4. The van der Waals surface area contributed by atoms with Crippen molar-refractivity contribution in [2.24, 2.45) is 11.8 Å². The molecule has 27 heavy (non-hydrogen) atoms. The van der Waals surface area contributed by atoms with Crippen molar-refractivity contribution in [2.45, 2.75) is 63.6 Å². The van der Waals surface area contributed by atoms with Crippen molar-refractivity contribution in [3.8, 4) is 0 Å². The highest BCUT2D eigenvalue weighted by Crippen LogP contribution is 2.40. The smallest absolute Gasteiger partial charge is 0.349 e. The number of benzene rings is 1. The average Bonchev–Trinajstić information content (AvgIpc) is 3.14. The van der Waals surface area contributed by atoms with E-state index in [0.29, 0.717) is 24.1 Å². The van der Waals surface area contributed by atoms with Crippen molar-refractivity contribution < 1.29 is 22.8 Å². The second-order valence-corrected chi connectivity index (χ2v) is 7.59. The summed E-state index contributed by atoms with van der Waals surface area (Å²) < 4.78 is 39.0. The van der Waals surface area contributed by atoms with Crippen molar-refractivity contribution in [2.75, 3.05) is 5.32 Å². The number of alkyl halides is 3. The van der Waals surface area contributed by atoms with Crippen LogP contribution in [0.25, 0.3) is 0 Å². The number of carbonyl (C=O) groups excluding carboxylic acids is 2. The molecular weight excluding hydrogens is 357 g/mol. The highest BCUT2D eigenvalue weighted by Gasteiger charge is 2.43. The van der Waals surface area contributed by atoms with Crippen LogP contribution in [0, 0.1) is 11.8 Å². The number of halogens is 3. The maximum atomic E-state index is 13.0. The molecule has 4 nitrogen and oxygen atoms in total. The van der Waals surface area contributed by atoms with Crippen LogP contribution in [0.1, 0.15) is 61.7 Å². The lowest BCUT2D eigenvalue weighted by atomic mass is 9.80. The first-order valence-corrected chi connectivity index (χ1v) is 9.62. The lowest BCUT2D eigenvalue weighted by Crippen LogP contribution is -2.35. The van der Waals surface area contributed by atoms with Crippen LogP contribution in [0.3, 0.4) is 0 Å². The van der Waals surface area contributed by atoms with Gasteiger partial charge in [0.25, 0.3) is 5.91 Å². The molecule has 0 saturated heterocycles. The third-order valence-corrected chi connectivity index (χ3v) is 5.63. The number of amides is 2. The van der Waals surface area contributed by atoms with Gasteiger partial charge in [0.05, 0.1) is 17.2 Å². The Morgan fingerprint density at radius 3 is 2.37 bits per heavy atom. The number of nitrogens with one attached hydrogen (secondary N) is 2. The van der Waals surface area contributed by atoms with Gasteiger partial charge in [-0.3, -0.25) is 9.59 Å². The molecule has 0 radical (unpaired) electrons. The van der Waals surface area contributed by atoms with Gasteiger partial charge in [0.1, 0.15) is 0 Å². The molecule has 2 aliphatic rings. The normalized spacial score (nSPS) is 23.8. The Balaban J connectivity index is 1.66. The molecule has 0 spiro atoms. The lowest BCUT2D eigenvalue weighted by molar-refractivity contribution is -0.185. The quantitative estimate of drug-likeness (QED) is 0.795. The Bertz CT molecular complexity index is 684. The Labute approximate surface area is 156 Å². The van der Waals surface area contributed by atoms with E-state index in [0.717, 1.165) is 25.7 Å². The zero-order valence-electron chi connectivity index (χ0n) is 15.1. The van der Waals surface area contributed by atoms with E-state index in [9.17, 15) is 22.8 Å². The van der Waals surface area contributed by atoms with Gasteiger partial charge < -0.3 is 10.6 Å². The highest BCUT2D eigenvalue weighted by atomic mass is 19.4. The molecule has 2 atom stereocenters. The zero-order valence-corrected chi connectivity index (χ0v) is 15.1. The number of carbonyl (C=O) groups is 2. The molecule has 1 aromatic carbocycles. The molecule has 3 rings (SSSR count). The van der Waals surface area contributed by atoms with Gasteiger partial charge in [0, 0.05) is 12.0 Å². The Morgan fingerprint density at radius 2 is 1.67 bits per heavy atom. The summed E-state index contributed by atoms with van der Waals surface area (Å²) in [5.74, 6) is -2.81. The topological polar surface area (TPSA) is 58.2 Å². The summed E-state index contributed by atoms with van der Waals surface area (Å²) in [6, 6.07) is 6.79. The minimum Gasteiger partial charge on any atom is -0.349 e. The highest BCUT2D eigenvalue weighted by molar-refractivity contribution is 6.04. The van der Waals surface area contributed by atoms with Gasteiger partial charge in [-0.25, -0.2) is 0 Å². The molecule has 1 aromatic rings. The summed E-state index contributed by atoms with van der Waals surface area (Å²) in [4.78, 5) is 25.1. The fourth-order valence-corrected chi connectivity index (χ4v) is 4.08. The van der Waals surface area contributed by atoms with Crippen LogP contribution in [0.5, 0.6) is 0 Å². The van der Waals surface area contributed by atoms with Crippen molar-refractivity contribution in [3.63, 3.8) is 0 Å². The molecule has 2 unspecified atom stereocenters. The fourth-order valence-electron chi connectivity index (χ4n) is 4.08. The molecular formula is C20H25F3N2O2. The van der Waals surface area contributed by atoms with Gasteiger partial charge in [-0.15, -0.1) is 0 Å². The third-order valence-electron chi connectivity index (χ3n) is 5.63. The fraction of sp³-hybridized carbons (Fsp3) is 0.600. The van der Waals surface area contributed by atoms with E-state index in [-0.39, 0.29) is 24.8 Å². The summed E-state index contributed by atoms with van der Waals surface area (Å²) in [7, 11) is 0. The van der Waals surface area contributed by atoms with Crippen molar-refractivity contribution in [1.82, 2.24) is 5.32 Å². The maximum absolute atomic E-state index is 13.0. The summed E-state index contributed by atoms with van der Waals surface area (Å²) in [5.41, 5.74) is 0.702. The first-order chi connectivity index (χ1) is 12.8. The van der Waals surface area contributed by atoms with E-state index < -0.39 is 23.9 Å². The van der Waals surface area contributed by atoms with Gasteiger partial charge in [0.15, 0.2) is 0 Å². The van der Waals surface area contributed by atoms with E-state index in [4.69, 9.17) is 0 Å². The predicted molar refractivity (Wildman–Crippen MR) is 96.3 cm³/mol. The average molecular weight is 382 g/mol. The number of anilines is 1. The number of para-hydroxylation sites is 1. The van der Waals surface area contributed by atoms with Crippen LogP contribution in [0.4, 0.5) is 18.9 Å². The molecule has 0 aliphatic heterocycles. The van der Waals surface area contributed by atoms with Crippen molar-refractivity contribution in [1.29, 1.82) is 0 Å².